The van der Waals surface area contributed by atoms with Crippen LogP contribution in [0.3, 0.4) is 0 Å². The van der Waals surface area contributed by atoms with Gasteiger partial charge in [0.05, 0.1) is 12.4 Å². The van der Waals surface area contributed by atoms with Gasteiger partial charge in [0.2, 0.25) is 0 Å². The van der Waals surface area contributed by atoms with Crippen molar-refractivity contribution in [2.45, 2.75) is 57.0 Å². The van der Waals surface area contributed by atoms with Crippen LogP contribution in [0.15, 0.2) is 65.4 Å². The molecule has 1 saturated carbocycles. The minimum atomic E-state index is -0.294. The van der Waals surface area contributed by atoms with Gasteiger partial charge in [-0.1, -0.05) is 49.6 Å². The number of hydrogen-bond donors (Lipinski definition) is 1. The molecule has 2 atom stereocenters. The molecule has 32 heavy (non-hydrogen) atoms. The number of hydrogen-bond acceptors (Lipinski definition) is 4. The van der Waals surface area contributed by atoms with E-state index in [0.717, 1.165) is 56.6 Å². The number of rotatable bonds is 7. The molecular formula is C28H34N2O2. The van der Waals surface area contributed by atoms with E-state index in [2.05, 4.69) is 40.2 Å². The second-order valence-electron chi connectivity index (χ2n) is 9.46. The van der Waals surface area contributed by atoms with Crippen molar-refractivity contribution in [2.24, 2.45) is 5.92 Å². The Morgan fingerprint density at radius 1 is 1.06 bits per heavy atom. The number of aromatic nitrogens is 1. The largest absolute Gasteiger partial charge is 0.464 e. The Hall–Kier alpha value is -2.43. The van der Waals surface area contributed by atoms with Gasteiger partial charge in [0, 0.05) is 41.8 Å². The Morgan fingerprint density at radius 2 is 1.97 bits per heavy atom. The molecule has 2 unspecified atom stereocenters. The molecule has 1 aliphatic carbocycles. The molecule has 168 valence electrons. The number of aliphatic hydroxyl groups is 1. The second kappa shape index (κ2) is 10.0. The highest BCUT2D eigenvalue weighted by Crippen LogP contribution is 2.35. The molecule has 0 spiro atoms. The molecule has 1 aliphatic heterocycles. The molecule has 3 aromatic rings. The van der Waals surface area contributed by atoms with E-state index in [1.165, 1.54) is 35.8 Å². The van der Waals surface area contributed by atoms with Crippen LogP contribution < -0.4 is 0 Å². The maximum atomic E-state index is 11.3. The molecule has 0 amide bonds. The molecule has 1 fully saturated rings. The monoisotopic (exact) mass is 430 g/mol. The van der Waals surface area contributed by atoms with E-state index in [4.69, 9.17) is 4.42 Å². The third kappa shape index (κ3) is 4.67. The van der Waals surface area contributed by atoms with Crippen molar-refractivity contribution in [3.05, 3.63) is 72.3 Å². The zero-order chi connectivity index (χ0) is 21.8. The van der Waals surface area contributed by atoms with Crippen molar-refractivity contribution in [3.63, 3.8) is 0 Å². The smallest absolute Gasteiger partial charge is 0.141 e. The lowest BCUT2D eigenvalue weighted by atomic mass is 9.78. The maximum Gasteiger partial charge on any atom is 0.141 e. The molecule has 1 aromatic carbocycles. The Balaban J connectivity index is 1.25. The zero-order valence-electron chi connectivity index (χ0n) is 18.8. The van der Waals surface area contributed by atoms with Gasteiger partial charge < -0.3 is 9.52 Å². The van der Waals surface area contributed by atoms with Crippen molar-refractivity contribution < 1.29 is 9.52 Å². The summed E-state index contributed by atoms with van der Waals surface area (Å²) in [6, 6.07) is 14.5. The number of aliphatic hydroxyl groups excluding tert-OH is 1. The van der Waals surface area contributed by atoms with Gasteiger partial charge in [-0.05, 0) is 61.9 Å². The molecule has 2 aromatic heterocycles. The van der Waals surface area contributed by atoms with Crippen LogP contribution >= 0.6 is 0 Å². The van der Waals surface area contributed by atoms with Gasteiger partial charge in [0.25, 0.3) is 0 Å². The number of para-hydroxylation sites is 1. The highest BCUT2D eigenvalue weighted by molar-refractivity contribution is 5.89. The molecule has 3 heterocycles. The summed E-state index contributed by atoms with van der Waals surface area (Å²) in [4.78, 5) is 7.14. The first-order valence-corrected chi connectivity index (χ1v) is 12.3. The summed E-state index contributed by atoms with van der Waals surface area (Å²) in [5, 5.41) is 12.5. The van der Waals surface area contributed by atoms with Crippen LogP contribution in [0.1, 0.15) is 62.1 Å². The lowest BCUT2D eigenvalue weighted by molar-refractivity contribution is 0.0530. The van der Waals surface area contributed by atoms with Gasteiger partial charge in [-0.2, -0.15) is 0 Å². The molecule has 0 radical (unpaired) electrons. The summed E-state index contributed by atoms with van der Waals surface area (Å²) in [5.41, 5.74) is 4.65. The van der Waals surface area contributed by atoms with Crippen molar-refractivity contribution in [3.8, 4) is 0 Å². The lowest BCUT2D eigenvalue weighted by Crippen LogP contribution is -2.35. The van der Waals surface area contributed by atoms with Crippen molar-refractivity contribution in [2.75, 3.05) is 19.6 Å². The third-order valence-electron chi connectivity index (χ3n) is 7.49. The molecule has 2 aliphatic rings. The fourth-order valence-electron chi connectivity index (χ4n) is 5.62. The third-order valence-corrected chi connectivity index (χ3v) is 7.49. The standard InChI is InChI=1S/C28H34N2O2/c31-27(22-7-2-1-3-8-22)25(26-11-4-5-16-29-26)14-19-30-17-12-21(13-18-30)24-10-6-9-23-15-20-32-28(23)24/h4-6,9-12,15-16,20,22,25,27,31H,1-3,7-8,13-14,17-19H2. The average Bonchev–Trinajstić information content (AvgIpc) is 3.35. The predicted molar refractivity (Wildman–Crippen MR) is 129 cm³/mol. The minimum absolute atomic E-state index is 0.113. The lowest BCUT2D eigenvalue weighted by Gasteiger charge is -2.34. The molecule has 0 saturated heterocycles. The summed E-state index contributed by atoms with van der Waals surface area (Å²) in [5.74, 6) is 0.527. The Labute approximate surface area is 191 Å². The SMILES string of the molecule is OC(C1CCCCC1)C(CCN1CC=C(c2cccc3ccoc23)CC1)c1ccccn1. The molecule has 4 nitrogen and oxygen atoms in total. The molecule has 4 heteroatoms. The van der Waals surface area contributed by atoms with Gasteiger partial charge >= 0.3 is 0 Å². The summed E-state index contributed by atoms with van der Waals surface area (Å²) >= 11 is 0. The van der Waals surface area contributed by atoms with Crippen LogP contribution in [0, 0.1) is 5.92 Å². The second-order valence-corrected chi connectivity index (χ2v) is 9.46. The first-order valence-electron chi connectivity index (χ1n) is 12.3. The van der Waals surface area contributed by atoms with E-state index in [9.17, 15) is 5.11 Å². The summed E-state index contributed by atoms with van der Waals surface area (Å²) in [7, 11) is 0. The molecule has 0 bridgehead atoms. The quantitative estimate of drug-likeness (QED) is 0.497. The zero-order valence-corrected chi connectivity index (χ0v) is 18.8. The Bertz CT molecular complexity index is 1040. The minimum Gasteiger partial charge on any atom is -0.464 e. The number of pyridine rings is 1. The van der Waals surface area contributed by atoms with E-state index >= 15 is 0 Å². The fraction of sp³-hybridized carbons (Fsp3) is 0.464. The first kappa shape index (κ1) is 21.4. The van der Waals surface area contributed by atoms with E-state index < -0.39 is 0 Å². The Morgan fingerprint density at radius 3 is 2.75 bits per heavy atom. The Kier molecular flexibility index (Phi) is 6.70. The maximum absolute atomic E-state index is 11.3. The van der Waals surface area contributed by atoms with E-state index in [0.29, 0.717) is 5.92 Å². The highest BCUT2D eigenvalue weighted by Gasteiger charge is 2.31. The van der Waals surface area contributed by atoms with Crippen molar-refractivity contribution >= 4 is 16.5 Å². The van der Waals surface area contributed by atoms with E-state index in [1.807, 2.05) is 24.4 Å². The highest BCUT2D eigenvalue weighted by atomic mass is 16.3. The predicted octanol–water partition coefficient (Wildman–Crippen LogP) is 6.03. The average molecular weight is 431 g/mol. The molecular weight excluding hydrogens is 396 g/mol. The van der Waals surface area contributed by atoms with Crippen molar-refractivity contribution in [1.29, 1.82) is 0 Å². The van der Waals surface area contributed by atoms with Crippen LogP contribution in [0.5, 0.6) is 0 Å². The van der Waals surface area contributed by atoms with Crippen LogP contribution in [0.4, 0.5) is 0 Å². The van der Waals surface area contributed by atoms with Crippen molar-refractivity contribution in [1.82, 2.24) is 9.88 Å². The van der Waals surface area contributed by atoms with Crippen LogP contribution in [-0.4, -0.2) is 40.7 Å². The molecule has 5 rings (SSSR count). The normalized spacial score (nSPS) is 20.2. The summed E-state index contributed by atoms with van der Waals surface area (Å²) < 4.78 is 5.75. The van der Waals surface area contributed by atoms with Crippen LogP contribution in [0.2, 0.25) is 0 Å². The van der Waals surface area contributed by atoms with Gasteiger partial charge in [-0.25, -0.2) is 0 Å². The number of benzene rings is 1. The fourth-order valence-corrected chi connectivity index (χ4v) is 5.62. The van der Waals surface area contributed by atoms with Gasteiger partial charge in [0.1, 0.15) is 5.58 Å². The van der Waals surface area contributed by atoms with E-state index in [1.54, 1.807) is 6.26 Å². The van der Waals surface area contributed by atoms with Gasteiger partial charge in [0.15, 0.2) is 0 Å². The van der Waals surface area contributed by atoms with Crippen LogP contribution in [0.25, 0.3) is 16.5 Å². The summed E-state index contributed by atoms with van der Waals surface area (Å²) in [6.45, 7) is 2.97. The van der Waals surface area contributed by atoms with Gasteiger partial charge in [-0.15, -0.1) is 0 Å². The summed E-state index contributed by atoms with van der Waals surface area (Å²) in [6.07, 6.45) is 13.8. The number of furan rings is 1. The first-order chi connectivity index (χ1) is 15.8. The van der Waals surface area contributed by atoms with E-state index in [-0.39, 0.29) is 12.0 Å². The molecule has 1 N–H and O–H groups in total. The van der Waals surface area contributed by atoms with Crippen LogP contribution in [-0.2, 0) is 0 Å². The topological polar surface area (TPSA) is 49.5 Å². The van der Waals surface area contributed by atoms with Gasteiger partial charge in [-0.3, -0.25) is 9.88 Å². The number of nitrogens with zero attached hydrogens (tertiary/aromatic N) is 2. The number of fused-ring (bicyclic) bond motifs is 1.